The van der Waals surface area contributed by atoms with Gasteiger partial charge in [0.15, 0.2) is 11.5 Å². The summed E-state index contributed by atoms with van der Waals surface area (Å²) in [5, 5.41) is 4.58. The Morgan fingerprint density at radius 1 is 0.857 bits per heavy atom. The van der Waals surface area contributed by atoms with Crippen LogP contribution < -0.4 is 14.8 Å². The van der Waals surface area contributed by atoms with Crippen LogP contribution in [-0.2, 0) is 13.2 Å². The lowest BCUT2D eigenvalue weighted by atomic mass is 10.1. The van der Waals surface area contributed by atoms with Gasteiger partial charge in [-0.15, -0.1) is 0 Å². The third-order valence-corrected chi connectivity index (χ3v) is 5.26. The molecule has 3 aromatic carbocycles. The number of nitrogens with one attached hydrogen (secondary N) is 1. The van der Waals surface area contributed by atoms with E-state index in [4.69, 9.17) is 32.7 Å². The van der Waals surface area contributed by atoms with Gasteiger partial charge < -0.3 is 14.8 Å². The molecule has 3 nitrogen and oxygen atoms in total. The number of rotatable bonds is 8. The van der Waals surface area contributed by atoms with E-state index in [1.54, 1.807) is 19.2 Å². The predicted octanol–water partition coefficient (Wildman–Crippen LogP) is 6.43. The lowest BCUT2D eigenvalue weighted by Gasteiger charge is -2.16. The minimum atomic E-state index is 0.262. The van der Waals surface area contributed by atoms with Gasteiger partial charge in [-0.25, -0.2) is 0 Å². The molecule has 0 saturated heterocycles. The van der Waals surface area contributed by atoms with E-state index in [2.05, 4.69) is 36.5 Å². The Morgan fingerprint density at radius 3 is 2.32 bits per heavy atom. The molecule has 0 amide bonds. The van der Waals surface area contributed by atoms with Gasteiger partial charge in [0.05, 0.1) is 17.2 Å². The quantitative estimate of drug-likeness (QED) is 0.459. The van der Waals surface area contributed by atoms with Crippen molar-refractivity contribution in [2.45, 2.75) is 26.1 Å². The molecule has 1 N–H and O–H groups in total. The summed E-state index contributed by atoms with van der Waals surface area (Å²) in [6.45, 7) is 3.27. The number of methoxy groups -OCH3 is 1. The summed E-state index contributed by atoms with van der Waals surface area (Å²) in [7, 11) is 1.64. The van der Waals surface area contributed by atoms with Crippen LogP contribution in [0.5, 0.6) is 11.5 Å². The average molecular weight is 416 g/mol. The molecule has 146 valence electrons. The fourth-order valence-electron chi connectivity index (χ4n) is 2.86. The van der Waals surface area contributed by atoms with Crippen LogP contribution in [0.25, 0.3) is 0 Å². The zero-order valence-electron chi connectivity index (χ0n) is 15.9. The molecule has 0 aliphatic carbocycles. The summed E-state index contributed by atoms with van der Waals surface area (Å²) in [6.07, 6.45) is 0. The normalized spacial score (nSPS) is 11.9. The second-order valence-corrected chi connectivity index (χ2v) is 7.35. The lowest BCUT2D eigenvalue weighted by Crippen LogP contribution is -2.18. The van der Waals surface area contributed by atoms with Crippen LogP contribution in [-0.4, -0.2) is 7.11 Å². The van der Waals surface area contributed by atoms with Gasteiger partial charge in [0.25, 0.3) is 0 Å². The van der Waals surface area contributed by atoms with E-state index in [-0.39, 0.29) is 6.04 Å². The minimum Gasteiger partial charge on any atom is -0.493 e. The Labute approximate surface area is 176 Å². The minimum absolute atomic E-state index is 0.262. The Bertz CT molecular complexity index is 916. The number of hydrogen-bond donors (Lipinski definition) is 1. The van der Waals surface area contributed by atoms with Crippen LogP contribution in [0, 0.1) is 0 Å². The topological polar surface area (TPSA) is 30.5 Å². The number of halogens is 2. The highest BCUT2D eigenvalue weighted by Gasteiger charge is 2.09. The summed E-state index contributed by atoms with van der Waals surface area (Å²) in [4.78, 5) is 0. The van der Waals surface area contributed by atoms with Crippen LogP contribution in [0.4, 0.5) is 0 Å². The van der Waals surface area contributed by atoms with Crippen molar-refractivity contribution >= 4 is 23.2 Å². The van der Waals surface area contributed by atoms with E-state index in [0.29, 0.717) is 28.2 Å². The van der Waals surface area contributed by atoms with Gasteiger partial charge in [-0.3, -0.25) is 0 Å². The van der Waals surface area contributed by atoms with Crippen LogP contribution in [0.2, 0.25) is 10.0 Å². The third-order valence-electron chi connectivity index (χ3n) is 4.52. The summed E-state index contributed by atoms with van der Waals surface area (Å²) < 4.78 is 11.4. The molecule has 3 rings (SSSR count). The Hall–Kier alpha value is -2.20. The molecule has 0 aromatic heterocycles. The van der Waals surface area contributed by atoms with Crippen LogP contribution in [0.1, 0.15) is 29.7 Å². The molecule has 3 aromatic rings. The monoisotopic (exact) mass is 415 g/mol. The summed E-state index contributed by atoms with van der Waals surface area (Å²) in [5.41, 5.74) is 3.33. The highest BCUT2D eigenvalue weighted by Crippen LogP contribution is 2.30. The first-order chi connectivity index (χ1) is 13.6. The maximum Gasteiger partial charge on any atom is 0.161 e. The van der Waals surface area contributed by atoms with Crippen molar-refractivity contribution in [2.75, 3.05) is 7.11 Å². The van der Waals surface area contributed by atoms with Gasteiger partial charge in [-0.1, -0.05) is 65.7 Å². The predicted molar refractivity (Wildman–Crippen MR) is 115 cm³/mol. The van der Waals surface area contributed by atoms with Gasteiger partial charge in [0.2, 0.25) is 0 Å². The van der Waals surface area contributed by atoms with Crippen molar-refractivity contribution in [3.63, 3.8) is 0 Å². The standard InChI is InChI=1S/C23H23Cl2NO2/c1-16(19-6-4-3-5-7-19)26-14-17-9-11-22(23(13-17)27-2)28-15-18-8-10-20(24)21(25)12-18/h3-13,16,26H,14-15H2,1-2H3/t16-/m0/s1. The van der Waals surface area contributed by atoms with E-state index in [1.165, 1.54) is 5.56 Å². The van der Waals surface area contributed by atoms with E-state index in [9.17, 15) is 0 Å². The van der Waals surface area contributed by atoms with E-state index in [1.807, 2.05) is 30.3 Å². The highest BCUT2D eigenvalue weighted by molar-refractivity contribution is 6.42. The van der Waals surface area contributed by atoms with E-state index >= 15 is 0 Å². The second kappa shape index (κ2) is 9.83. The molecule has 0 aliphatic heterocycles. The summed E-state index contributed by atoms with van der Waals surface area (Å²) in [6, 6.07) is 22.1. The largest absolute Gasteiger partial charge is 0.493 e. The van der Waals surface area contributed by atoms with Crippen LogP contribution in [0.15, 0.2) is 66.7 Å². The molecule has 1 atom stereocenters. The molecular weight excluding hydrogens is 393 g/mol. The summed E-state index contributed by atoms with van der Waals surface area (Å²) >= 11 is 12.0. The van der Waals surface area contributed by atoms with Crippen molar-refractivity contribution in [2.24, 2.45) is 0 Å². The van der Waals surface area contributed by atoms with Crippen molar-refractivity contribution in [1.82, 2.24) is 5.32 Å². The fraction of sp³-hybridized carbons (Fsp3) is 0.217. The fourth-order valence-corrected chi connectivity index (χ4v) is 3.18. The molecule has 0 aliphatic rings. The molecular formula is C23H23Cl2NO2. The van der Waals surface area contributed by atoms with Gasteiger partial charge in [0, 0.05) is 12.6 Å². The Kier molecular flexibility index (Phi) is 7.21. The molecule has 0 fully saturated rings. The summed E-state index contributed by atoms with van der Waals surface area (Å²) in [5.74, 6) is 1.39. The van der Waals surface area contributed by atoms with Gasteiger partial charge >= 0.3 is 0 Å². The first-order valence-corrected chi connectivity index (χ1v) is 9.84. The molecule has 0 saturated carbocycles. The first-order valence-electron chi connectivity index (χ1n) is 9.09. The zero-order valence-corrected chi connectivity index (χ0v) is 17.4. The number of benzene rings is 3. The highest BCUT2D eigenvalue weighted by atomic mass is 35.5. The van der Waals surface area contributed by atoms with Gasteiger partial charge in [-0.2, -0.15) is 0 Å². The molecule has 0 heterocycles. The average Bonchev–Trinajstić information content (AvgIpc) is 2.73. The van der Waals surface area contributed by atoms with Crippen molar-refractivity contribution < 1.29 is 9.47 Å². The van der Waals surface area contributed by atoms with Crippen LogP contribution in [0.3, 0.4) is 0 Å². The molecule has 5 heteroatoms. The molecule has 28 heavy (non-hydrogen) atoms. The van der Waals surface area contributed by atoms with Gasteiger partial charge in [-0.05, 0) is 47.9 Å². The SMILES string of the molecule is COc1cc(CN[C@@H](C)c2ccccc2)ccc1OCc1ccc(Cl)c(Cl)c1. The number of hydrogen-bond acceptors (Lipinski definition) is 3. The third kappa shape index (κ3) is 5.41. The van der Waals surface area contributed by atoms with Crippen molar-refractivity contribution in [1.29, 1.82) is 0 Å². The smallest absolute Gasteiger partial charge is 0.161 e. The maximum absolute atomic E-state index is 6.06. The molecule has 0 unspecified atom stereocenters. The van der Waals surface area contributed by atoms with E-state index < -0.39 is 0 Å². The zero-order chi connectivity index (χ0) is 19.9. The van der Waals surface area contributed by atoms with Crippen molar-refractivity contribution in [3.05, 3.63) is 93.5 Å². The first kappa shape index (κ1) is 20.5. The molecule has 0 radical (unpaired) electrons. The lowest BCUT2D eigenvalue weighted by molar-refractivity contribution is 0.284. The van der Waals surface area contributed by atoms with Crippen molar-refractivity contribution in [3.8, 4) is 11.5 Å². The molecule has 0 spiro atoms. The Balaban J connectivity index is 1.62. The molecule has 0 bridgehead atoms. The number of ether oxygens (including phenoxy) is 2. The van der Waals surface area contributed by atoms with Gasteiger partial charge in [0.1, 0.15) is 6.61 Å². The second-order valence-electron chi connectivity index (χ2n) is 6.54. The van der Waals surface area contributed by atoms with Crippen LogP contribution >= 0.6 is 23.2 Å². The Morgan fingerprint density at radius 2 is 1.61 bits per heavy atom. The maximum atomic E-state index is 6.06. The van der Waals surface area contributed by atoms with E-state index in [0.717, 1.165) is 17.7 Å².